The van der Waals surface area contributed by atoms with E-state index in [0.717, 1.165) is 9.78 Å². The van der Waals surface area contributed by atoms with Crippen LogP contribution in [0.2, 0.25) is 20.1 Å². The fourth-order valence-corrected chi connectivity index (χ4v) is 4.59. The van der Waals surface area contributed by atoms with Crippen LogP contribution in [0.4, 0.5) is 5.69 Å². The zero-order chi connectivity index (χ0) is 20.0. The van der Waals surface area contributed by atoms with Crippen LogP contribution >= 0.6 is 57.7 Å². The molecule has 2 heterocycles. The lowest BCUT2D eigenvalue weighted by atomic mass is 10.1. The van der Waals surface area contributed by atoms with E-state index >= 15 is 0 Å². The number of hydrogen-bond acceptors (Lipinski definition) is 3. The molecule has 140 valence electrons. The highest BCUT2D eigenvalue weighted by Gasteiger charge is 2.42. The molecule has 2 amide bonds. The van der Waals surface area contributed by atoms with E-state index in [1.54, 1.807) is 23.5 Å². The van der Waals surface area contributed by atoms with Crippen LogP contribution in [0.25, 0.3) is 12.2 Å². The van der Waals surface area contributed by atoms with Gasteiger partial charge in [-0.05, 0) is 29.2 Å². The van der Waals surface area contributed by atoms with E-state index in [1.807, 2.05) is 41.8 Å². The lowest BCUT2D eigenvalue weighted by molar-refractivity contribution is 0.0926. The highest BCUT2D eigenvalue weighted by atomic mass is 35.5. The molecular formula is C20H9Cl4NO2S. The van der Waals surface area contributed by atoms with E-state index in [2.05, 4.69) is 0 Å². The third-order valence-corrected chi connectivity index (χ3v) is 6.89. The minimum atomic E-state index is -0.595. The summed E-state index contributed by atoms with van der Waals surface area (Å²) in [6.07, 6.45) is 3.75. The van der Waals surface area contributed by atoms with Crippen molar-refractivity contribution in [2.45, 2.75) is 0 Å². The van der Waals surface area contributed by atoms with E-state index < -0.39 is 11.8 Å². The van der Waals surface area contributed by atoms with Gasteiger partial charge in [0, 0.05) is 4.88 Å². The van der Waals surface area contributed by atoms with Gasteiger partial charge in [0.1, 0.15) is 0 Å². The Labute approximate surface area is 184 Å². The van der Waals surface area contributed by atoms with Gasteiger partial charge in [0.05, 0.1) is 36.9 Å². The number of hydrogen-bond donors (Lipinski definition) is 0. The van der Waals surface area contributed by atoms with Crippen molar-refractivity contribution in [2.24, 2.45) is 0 Å². The Balaban J connectivity index is 1.84. The first-order valence-corrected chi connectivity index (χ1v) is 10.4. The molecule has 0 atom stereocenters. The monoisotopic (exact) mass is 467 g/mol. The fourth-order valence-electron chi connectivity index (χ4n) is 2.96. The largest absolute Gasteiger partial charge is 0.268 e. The number of benzene rings is 2. The quantitative estimate of drug-likeness (QED) is 0.229. The zero-order valence-electron chi connectivity index (χ0n) is 13.9. The minimum absolute atomic E-state index is 0.0388. The summed E-state index contributed by atoms with van der Waals surface area (Å²) in [5.41, 5.74) is 1.03. The SMILES string of the molecule is O=C1c2c(Cl)c(Cl)c(Cl)c(Cl)c2C(=O)N1c1ccccc1/C=C\c1cccs1. The molecule has 28 heavy (non-hydrogen) atoms. The summed E-state index contributed by atoms with van der Waals surface area (Å²) in [4.78, 5) is 28.2. The van der Waals surface area contributed by atoms with Crippen LogP contribution in [0.3, 0.4) is 0 Å². The molecule has 8 heteroatoms. The summed E-state index contributed by atoms with van der Waals surface area (Å²) >= 11 is 26.1. The molecule has 0 spiro atoms. The summed E-state index contributed by atoms with van der Waals surface area (Å²) in [5, 5.41) is 1.69. The molecule has 1 aliphatic heterocycles. The lowest BCUT2D eigenvalue weighted by Crippen LogP contribution is -2.30. The first-order chi connectivity index (χ1) is 13.4. The standard InChI is InChI=1S/C20H9Cl4NO2S/c21-15-13-14(16(22)18(24)17(15)23)20(27)25(19(13)26)12-6-2-1-4-10(12)7-8-11-5-3-9-28-11/h1-9H/b8-7-. The molecule has 0 bridgehead atoms. The lowest BCUT2D eigenvalue weighted by Gasteiger charge is -2.16. The molecular weight excluding hydrogens is 460 g/mol. The second-order valence-electron chi connectivity index (χ2n) is 5.86. The van der Waals surface area contributed by atoms with Crippen molar-refractivity contribution >= 4 is 87.4 Å². The Kier molecular flexibility index (Phi) is 5.25. The maximum absolute atomic E-state index is 13.1. The number of imide groups is 1. The van der Waals surface area contributed by atoms with Crippen LogP contribution in [-0.4, -0.2) is 11.8 Å². The molecule has 0 unspecified atom stereocenters. The molecule has 3 aromatic rings. The van der Waals surface area contributed by atoms with Crippen molar-refractivity contribution in [2.75, 3.05) is 4.90 Å². The average molecular weight is 469 g/mol. The number of rotatable bonds is 3. The minimum Gasteiger partial charge on any atom is -0.268 e. The number of amides is 2. The Hall–Kier alpha value is -1.82. The highest BCUT2D eigenvalue weighted by Crippen LogP contribution is 2.46. The number of para-hydroxylation sites is 1. The smallest absolute Gasteiger partial charge is 0.267 e. The number of halogens is 4. The molecule has 0 radical (unpaired) electrons. The van der Waals surface area contributed by atoms with E-state index in [1.165, 1.54) is 0 Å². The van der Waals surface area contributed by atoms with Crippen LogP contribution in [0.1, 0.15) is 31.2 Å². The van der Waals surface area contributed by atoms with Gasteiger partial charge in [0.25, 0.3) is 11.8 Å². The van der Waals surface area contributed by atoms with Crippen LogP contribution in [-0.2, 0) is 0 Å². The van der Waals surface area contributed by atoms with Gasteiger partial charge in [-0.25, -0.2) is 4.90 Å². The number of fused-ring (bicyclic) bond motifs is 1. The fraction of sp³-hybridized carbons (Fsp3) is 0. The Morgan fingerprint density at radius 1 is 0.750 bits per heavy atom. The van der Waals surface area contributed by atoms with E-state index in [-0.39, 0.29) is 31.2 Å². The number of nitrogens with zero attached hydrogens (tertiary/aromatic N) is 1. The van der Waals surface area contributed by atoms with Crippen molar-refractivity contribution < 1.29 is 9.59 Å². The summed E-state index contributed by atoms with van der Waals surface area (Å²) in [5.74, 6) is -1.19. The van der Waals surface area contributed by atoms with Crippen LogP contribution < -0.4 is 4.90 Å². The maximum atomic E-state index is 13.1. The highest BCUT2D eigenvalue weighted by molar-refractivity contribution is 7.10. The Morgan fingerprint density at radius 3 is 1.93 bits per heavy atom. The normalized spacial score (nSPS) is 13.6. The van der Waals surface area contributed by atoms with Crippen molar-refractivity contribution in [3.63, 3.8) is 0 Å². The van der Waals surface area contributed by atoms with E-state index in [4.69, 9.17) is 46.4 Å². The summed E-state index contributed by atoms with van der Waals surface area (Å²) < 4.78 is 0. The van der Waals surface area contributed by atoms with E-state index in [9.17, 15) is 9.59 Å². The summed E-state index contributed by atoms with van der Waals surface area (Å²) in [6.45, 7) is 0. The molecule has 0 aliphatic carbocycles. The summed E-state index contributed by atoms with van der Waals surface area (Å²) in [6, 6.07) is 11.0. The molecule has 0 fully saturated rings. The zero-order valence-corrected chi connectivity index (χ0v) is 17.7. The Bertz CT molecular complexity index is 1110. The Morgan fingerprint density at radius 2 is 1.36 bits per heavy atom. The van der Waals surface area contributed by atoms with Gasteiger partial charge in [0.15, 0.2) is 0 Å². The third-order valence-electron chi connectivity index (χ3n) is 4.25. The van der Waals surface area contributed by atoms with Gasteiger partial charge in [-0.1, -0.05) is 76.7 Å². The van der Waals surface area contributed by atoms with Crippen LogP contribution in [0.5, 0.6) is 0 Å². The first-order valence-electron chi connectivity index (χ1n) is 7.97. The van der Waals surface area contributed by atoms with Gasteiger partial charge < -0.3 is 0 Å². The molecule has 3 nitrogen and oxygen atoms in total. The van der Waals surface area contributed by atoms with Gasteiger partial charge in [0.2, 0.25) is 0 Å². The van der Waals surface area contributed by atoms with Crippen molar-refractivity contribution in [3.8, 4) is 0 Å². The predicted molar refractivity (Wildman–Crippen MR) is 117 cm³/mol. The second-order valence-corrected chi connectivity index (χ2v) is 8.35. The molecule has 0 saturated heterocycles. The molecule has 1 aromatic heterocycles. The first kappa shape index (κ1) is 19.5. The second kappa shape index (κ2) is 7.54. The third kappa shape index (κ3) is 3.06. The predicted octanol–water partition coefficient (Wildman–Crippen LogP) is 7.33. The van der Waals surface area contributed by atoms with Gasteiger partial charge in [-0.2, -0.15) is 0 Å². The number of carbonyl (C=O) groups excluding carboxylic acids is 2. The summed E-state index contributed by atoms with van der Waals surface area (Å²) in [7, 11) is 0. The molecule has 1 aliphatic rings. The van der Waals surface area contributed by atoms with Gasteiger partial charge in [-0.15, -0.1) is 11.3 Å². The molecule has 0 N–H and O–H groups in total. The van der Waals surface area contributed by atoms with Crippen LogP contribution in [0.15, 0.2) is 41.8 Å². The van der Waals surface area contributed by atoms with Gasteiger partial charge >= 0.3 is 0 Å². The van der Waals surface area contributed by atoms with Crippen molar-refractivity contribution in [1.29, 1.82) is 0 Å². The number of carbonyl (C=O) groups is 2. The van der Waals surface area contributed by atoms with Gasteiger partial charge in [-0.3, -0.25) is 9.59 Å². The van der Waals surface area contributed by atoms with Crippen molar-refractivity contribution in [1.82, 2.24) is 0 Å². The molecule has 4 rings (SSSR count). The average Bonchev–Trinajstić information content (AvgIpc) is 3.29. The van der Waals surface area contributed by atoms with Crippen molar-refractivity contribution in [3.05, 3.63) is 83.4 Å². The topological polar surface area (TPSA) is 37.4 Å². The number of anilines is 1. The maximum Gasteiger partial charge on any atom is 0.267 e. The van der Waals surface area contributed by atoms with Crippen LogP contribution in [0, 0.1) is 0 Å². The van der Waals surface area contributed by atoms with E-state index in [0.29, 0.717) is 11.3 Å². The molecule has 2 aromatic carbocycles. The number of thiophene rings is 1. The molecule has 0 saturated carbocycles.